The number of rotatable bonds is 12. The second-order valence-corrected chi connectivity index (χ2v) is 8.64. The van der Waals surface area contributed by atoms with Crippen LogP contribution in [-0.4, -0.2) is 66.8 Å². The summed E-state index contributed by atoms with van der Waals surface area (Å²) in [5.41, 5.74) is -0.626. The number of benzene rings is 2. The van der Waals surface area contributed by atoms with E-state index in [1.165, 1.54) is 0 Å². The van der Waals surface area contributed by atoms with Crippen molar-refractivity contribution >= 4 is 0 Å². The van der Waals surface area contributed by atoms with Crippen LogP contribution in [0.2, 0.25) is 0 Å². The van der Waals surface area contributed by atoms with Crippen LogP contribution in [0.3, 0.4) is 0 Å². The molecule has 2 rings (SSSR count). The van der Waals surface area contributed by atoms with Gasteiger partial charge in [0.25, 0.3) is 0 Å². The first-order valence-corrected chi connectivity index (χ1v) is 11.4. The molecule has 0 spiro atoms. The average molecular weight is 447 g/mol. The van der Waals surface area contributed by atoms with Crippen LogP contribution >= 0.6 is 0 Å². The van der Waals surface area contributed by atoms with Crippen molar-refractivity contribution in [3.05, 3.63) is 70.8 Å². The third-order valence-electron chi connectivity index (χ3n) is 6.63. The second kappa shape index (κ2) is 11.4. The number of aryl methyl sites for hydroxylation is 2. The summed E-state index contributed by atoms with van der Waals surface area (Å²) in [6, 6.07) is 14.9. The zero-order valence-electron chi connectivity index (χ0n) is 19.3. The maximum absolute atomic E-state index is 11.7. The van der Waals surface area contributed by atoms with Gasteiger partial charge in [0.15, 0.2) is 0 Å². The number of aliphatic hydroxyl groups is 6. The standard InChI is InChI=1S/C26H38O6/c1-4-18-11-7-9-13-20(18)15-25(31,6-3)24(30)26(32,23(29)22(28)17-27)16-21-14-10-8-12-19(21)5-2/h7-14,22-24,27-32H,4-6,15-17H2,1-3H3/t22-,23+,24+,25?,26+/m0/s1. The van der Waals surface area contributed by atoms with Crippen LogP contribution in [0.4, 0.5) is 0 Å². The van der Waals surface area contributed by atoms with Gasteiger partial charge in [0.2, 0.25) is 0 Å². The minimum atomic E-state index is -2.31. The van der Waals surface area contributed by atoms with Crippen molar-refractivity contribution in [2.45, 2.75) is 82.4 Å². The van der Waals surface area contributed by atoms with Gasteiger partial charge in [0.05, 0.1) is 12.2 Å². The largest absolute Gasteiger partial charge is 0.394 e. The Kier molecular flexibility index (Phi) is 9.40. The molecule has 0 aliphatic carbocycles. The zero-order valence-corrected chi connectivity index (χ0v) is 19.3. The van der Waals surface area contributed by atoms with E-state index < -0.39 is 36.1 Å². The lowest BCUT2D eigenvalue weighted by Gasteiger charge is -2.46. The molecule has 0 bridgehead atoms. The highest BCUT2D eigenvalue weighted by atomic mass is 16.4. The molecule has 0 fully saturated rings. The Balaban J connectivity index is 2.52. The van der Waals surface area contributed by atoms with E-state index in [2.05, 4.69) is 0 Å². The van der Waals surface area contributed by atoms with E-state index in [-0.39, 0.29) is 19.3 Å². The van der Waals surface area contributed by atoms with E-state index in [1.54, 1.807) is 19.1 Å². The molecule has 2 aromatic carbocycles. The molecular weight excluding hydrogens is 408 g/mol. The monoisotopic (exact) mass is 446 g/mol. The van der Waals surface area contributed by atoms with Crippen LogP contribution in [0.5, 0.6) is 0 Å². The fraction of sp³-hybridized carbons (Fsp3) is 0.538. The van der Waals surface area contributed by atoms with Crippen molar-refractivity contribution in [1.29, 1.82) is 0 Å². The summed E-state index contributed by atoms with van der Waals surface area (Å²) in [7, 11) is 0. The molecule has 0 saturated carbocycles. The van der Waals surface area contributed by atoms with E-state index >= 15 is 0 Å². The predicted octanol–water partition coefficient (Wildman–Crippen LogP) is 1.54. The molecule has 0 amide bonds. The van der Waals surface area contributed by atoms with Gasteiger partial charge in [-0.1, -0.05) is 69.3 Å². The molecule has 2 aromatic rings. The molecule has 6 heteroatoms. The Morgan fingerprint density at radius 2 is 1.16 bits per heavy atom. The first-order chi connectivity index (χ1) is 15.2. The minimum absolute atomic E-state index is 0.0638. The molecule has 0 heterocycles. The summed E-state index contributed by atoms with van der Waals surface area (Å²) in [5.74, 6) is 0. The molecule has 0 radical (unpaired) electrons. The van der Waals surface area contributed by atoms with E-state index in [9.17, 15) is 30.6 Å². The molecule has 6 nitrogen and oxygen atoms in total. The summed E-state index contributed by atoms with van der Waals surface area (Å²) in [6.07, 6.45) is -3.99. The molecule has 178 valence electrons. The first kappa shape index (κ1) is 26.5. The van der Waals surface area contributed by atoms with Gasteiger partial charge in [-0.2, -0.15) is 0 Å². The first-order valence-electron chi connectivity index (χ1n) is 11.4. The van der Waals surface area contributed by atoms with Crippen molar-refractivity contribution in [2.24, 2.45) is 0 Å². The molecule has 5 atom stereocenters. The van der Waals surface area contributed by atoms with E-state index in [4.69, 9.17) is 0 Å². The summed E-state index contributed by atoms with van der Waals surface area (Å²) in [4.78, 5) is 0. The highest BCUT2D eigenvalue weighted by Gasteiger charge is 2.53. The molecule has 6 N–H and O–H groups in total. The lowest BCUT2D eigenvalue weighted by atomic mass is 9.71. The summed E-state index contributed by atoms with van der Waals surface area (Å²) < 4.78 is 0. The van der Waals surface area contributed by atoms with Crippen LogP contribution in [-0.2, 0) is 25.7 Å². The SMILES string of the molecule is CCc1ccccc1CC(O)(CC)[C@@H](O)[C@@](O)(Cc1ccccc1CC)[C@H](O)[C@@H](O)CO. The third-order valence-corrected chi connectivity index (χ3v) is 6.63. The van der Waals surface area contributed by atoms with Gasteiger partial charge >= 0.3 is 0 Å². The summed E-state index contributed by atoms with van der Waals surface area (Å²) >= 11 is 0. The topological polar surface area (TPSA) is 121 Å². The second-order valence-electron chi connectivity index (χ2n) is 8.64. The van der Waals surface area contributed by atoms with Gasteiger partial charge in [-0.15, -0.1) is 0 Å². The summed E-state index contributed by atoms with van der Waals surface area (Å²) in [5, 5.41) is 65.0. The van der Waals surface area contributed by atoms with Crippen molar-refractivity contribution in [2.75, 3.05) is 6.61 Å². The minimum Gasteiger partial charge on any atom is -0.394 e. The Bertz CT molecular complexity index is 856. The number of aliphatic hydroxyl groups excluding tert-OH is 4. The van der Waals surface area contributed by atoms with E-state index in [1.807, 2.05) is 50.2 Å². The molecule has 0 saturated heterocycles. The van der Waals surface area contributed by atoms with Crippen LogP contribution in [0.25, 0.3) is 0 Å². The number of hydrogen-bond donors (Lipinski definition) is 6. The van der Waals surface area contributed by atoms with Gasteiger partial charge in [0.1, 0.15) is 23.9 Å². The Labute approximate surface area is 190 Å². The van der Waals surface area contributed by atoms with Gasteiger partial charge in [-0.05, 0) is 41.5 Å². The van der Waals surface area contributed by atoms with Crippen molar-refractivity contribution < 1.29 is 30.6 Å². The Morgan fingerprint density at radius 3 is 1.56 bits per heavy atom. The van der Waals surface area contributed by atoms with Crippen LogP contribution in [0, 0.1) is 0 Å². The lowest BCUT2D eigenvalue weighted by Crippen LogP contribution is -2.66. The van der Waals surface area contributed by atoms with Crippen molar-refractivity contribution in [1.82, 2.24) is 0 Å². The quantitative estimate of drug-likeness (QED) is 0.294. The molecule has 32 heavy (non-hydrogen) atoms. The van der Waals surface area contributed by atoms with Crippen LogP contribution in [0.1, 0.15) is 49.4 Å². The van der Waals surface area contributed by atoms with Gasteiger partial charge in [0, 0.05) is 12.8 Å². The van der Waals surface area contributed by atoms with Gasteiger partial charge in [-0.25, -0.2) is 0 Å². The predicted molar refractivity (Wildman–Crippen MR) is 124 cm³/mol. The van der Waals surface area contributed by atoms with Gasteiger partial charge in [-0.3, -0.25) is 0 Å². The highest BCUT2D eigenvalue weighted by molar-refractivity contribution is 5.32. The molecule has 1 unspecified atom stereocenters. The lowest BCUT2D eigenvalue weighted by molar-refractivity contribution is -0.229. The van der Waals surface area contributed by atoms with E-state index in [0.29, 0.717) is 12.0 Å². The van der Waals surface area contributed by atoms with Crippen LogP contribution in [0.15, 0.2) is 48.5 Å². The normalized spacial score (nSPS) is 18.4. The maximum Gasteiger partial charge on any atom is 0.126 e. The third kappa shape index (κ3) is 5.57. The molecule has 0 aliphatic heterocycles. The molecule has 0 aliphatic rings. The van der Waals surface area contributed by atoms with Crippen molar-refractivity contribution in [3.8, 4) is 0 Å². The Morgan fingerprint density at radius 1 is 0.719 bits per heavy atom. The number of hydrogen-bond acceptors (Lipinski definition) is 6. The molecular formula is C26H38O6. The zero-order chi connectivity index (χ0) is 23.9. The van der Waals surface area contributed by atoms with Crippen molar-refractivity contribution in [3.63, 3.8) is 0 Å². The smallest absolute Gasteiger partial charge is 0.126 e. The molecule has 0 aromatic heterocycles. The van der Waals surface area contributed by atoms with Gasteiger partial charge < -0.3 is 30.6 Å². The average Bonchev–Trinajstić information content (AvgIpc) is 2.82. The fourth-order valence-corrected chi connectivity index (χ4v) is 4.46. The highest BCUT2D eigenvalue weighted by Crippen LogP contribution is 2.35. The van der Waals surface area contributed by atoms with Crippen LogP contribution < -0.4 is 0 Å². The fourth-order valence-electron chi connectivity index (χ4n) is 4.46. The summed E-state index contributed by atoms with van der Waals surface area (Å²) in [6.45, 7) is 4.86. The Hall–Kier alpha value is -1.80. The maximum atomic E-state index is 11.7. The van der Waals surface area contributed by atoms with E-state index in [0.717, 1.165) is 23.1 Å².